The molecule has 17 heavy (non-hydrogen) atoms. The normalized spacial score (nSPS) is 10.1. The minimum atomic E-state index is 0.00204. The summed E-state index contributed by atoms with van der Waals surface area (Å²) in [6, 6.07) is 5.68. The number of benzene rings is 1. The van der Waals surface area contributed by atoms with Crippen LogP contribution in [0.2, 0.25) is 0 Å². The van der Waals surface area contributed by atoms with Crippen LogP contribution in [0.3, 0.4) is 0 Å². The molecular formula is C12H17BrN2O2. The zero-order chi connectivity index (χ0) is 12.7. The van der Waals surface area contributed by atoms with E-state index in [1.165, 1.54) is 0 Å². The van der Waals surface area contributed by atoms with E-state index in [2.05, 4.69) is 21.2 Å². The van der Waals surface area contributed by atoms with Crippen molar-refractivity contribution in [1.29, 1.82) is 0 Å². The Hall–Kier alpha value is -1.07. The summed E-state index contributed by atoms with van der Waals surface area (Å²) in [5.41, 5.74) is 6.56. The highest BCUT2D eigenvalue weighted by Gasteiger charge is 2.04. The highest BCUT2D eigenvalue weighted by Crippen LogP contribution is 2.25. The van der Waals surface area contributed by atoms with Crippen LogP contribution in [0, 0.1) is 0 Å². The highest BCUT2D eigenvalue weighted by molar-refractivity contribution is 9.10. The lowest BCUT2D eigenvalue weighted by atomic mass is 10.2. The lowest BCUT2D eigenvalue weighted by molar-refractivity contribution is -0.121. The Labute approximate surface area is 110 Å². The van der Waals surface area contributed by atoms with E-state index in [-0.39, 0.29) is 5.91 Å². The van der Waals surface area contributed by atoms with Gasteiger partial charge >= 0.3 is 0 Å². The quantitative estimate of drug-likeness (QED) is 0.842. The highest BCUT2D eigenvalue weighted by atomic mass is 79.9. The minimum Gasteiger partial charge on any atom is -0.492 e. The molecule has 0 bridgehead atoms. The number of carbonyl (C=O) groups excluding carboxylic acids is 1. The molecule has 0 aliphatic carbocycles. The van der Waals surface area contributed by atoms with Gasteiger partial charge < -0.3 is 15.8 Å². The molecular weight excluding hydrogens is 284 g/mol. The molecule has 0 radical (unpaired) electrons. The maximum Gasteiger partial charge on any atom is 0.223 e. The number of hydrogen-bond donors (Lipinski definition) is 2. The maximum atomic E-state index is 11.2. The number of nitrogens with one attached hydrogen (secondary N) is 1. The third-order valence-corrected chi connectivity index (χ3v) is 2.81. The second kappa shape index (κ2) is 7.29. The van der Waals surface area contributed by atoms with Gasteiger partial charge in [0, 0.05) is 13.1 Å². The number of amides is 1. The van der Waals surface area contributed by atoms with Gasteiger partial charge in [0.2, 0.25) is 5.91 Å². The molecule has 0 fully saturated rings. The average molecular weight is 301 g/mol. The summed E-state index contributed by atoms with van der Waals surface area (Å²) >= 11 is 3.40. The third kappa shape index (κ3) is 4.75. The number of rotatable bonds is 6. The molecule has 1 amide bonds. The first kappa shape index (κ1) is 14.0. The Balaban J connectivity index is 2.44. The van der Waals surface area contributed by atoms with Crippen molar-refractivity contribution in [3.8, 4) is 5.75 Å². The Morgan fingerprint density at radius 1 is 1.53 bits per heavy atom. The van der Waals surface area contributed by atoms with Crippen LogP contribution in [0.5, 0.6) is 5.75 Å². The van der Waals surface area contributed by atoms with Gasteiger partial charge in [0.15, 0.2) is 0 Å². The average Bonchev–Trinajstić information content (AvgIpc) is 2.31. The zero-order valence-electron chi connectivity index (χ0n) is 9.83. The van der Waals surface area contributed by atoms with E-state index >= 15 is 0 Å². The van der Waals surface area contributed by atoms with Crippen molar-refractivity contribution >= 4 is 21.8 Å². The number of ether oxygens (including phenoxy) is 1. The Morgan fingerprint density at radius 3 is 2.88 bits per heavy atom. The van der Waals surface area contributed by atoms with E-state index in [9.17, 15) is 4.79 Å². The van der Waals surface area contributed by atoms with Gasteiger partial charge in [-0.05, 0) is 40.5 Å². The first-order chi connectivity index (χ1) is 8.17. The predicted octanol–water partition coefficient (Wildman–Crippen LogP) is 1.81. The fraction of sp³-hybridized carbons (Fsp3) is 0.417. The molecule has 0 saturated carbocycles. The molecule has 0 spiro atoms. The van der Waals surface area contributed by atoms with Crippen molar-refractivity contribution in [2.75, 3.05) is 13.2 Å². The second-order valence-corrected chi connectivity index (χ2v) is 4.38. The van der Waals surface area contributed by atoms with E-state index in [0.717, 1.165) is 15.8 Å². The van der Waals surface area contributed by atoms with Crippen LogP contribution in [0.15, 0.2) is 22.7 Å². The zero-order valence-corrected chi connectivity index (χ0v) is 11.4. The van der Waals surface area contributed by atoms with Crippen molar-refractivity contribution in [1.82, 2.24) is 5.32 Å². The summed E-state index contributed by atoms with van der Waals surface area (Å²) in [6.45, 7) is 3.40. The molecule has 0 aromatic heterocycles. The van der Waals surface area contributed by atoms with Crippen LogP contribution in [0.4, 0.5) is 0 Å². The van der Waals surface area contributed by atoms with Crippen LogP contribution in [-0.4, -0.2) is 19.1 Å². The van der Waals surface area contributed by atoms with Gasteiger partial charge in [-0.25, -0.2) is 0 Å². The van der Waals surface area contributed by atoms with E-state index in [4.69, 9.17) is 10.5 Å². The third-order valence-electron chi connectivity index (χ3n) is 2.19. The van der Waals surface area contributed by atoms with Gasteiger partial charge in [0.05, 0.1) is 17.5 Å². The number of hydrogen-bond acceptors (Lipinski definition) is 3. The molecule has 1 aromatic carbocycles. The Kier molecular flexibility index (Phi) is 6.00. The fourth-order valence-corrected chi connectivity index (χ4v) is 1.87. The van der Waals surface area contributed by atoms with Crippen LogP contribution >= 0.6 is 15.9 Å². The molecule has 0 saturated heterocycles. The van der Waals surface area contributed by atoms with Crippen molar-refractivity contribution in [3.05, 3.63) is 28.2 Å². The Morgan fingerprint density at radius 2 is 2.29 bits per heavy atom. The monoisotopic (exact) mass is 300 g/mol. The molecule has 0 aliphatic heterocycles. The smallest absolute Gasteiger partial charge is 0.223 e. The number of halogens is 1. The van der Waals surface area contributed by atoms with Crippen LogP contribution in [-0.2, 0) is 11.3 Å². The van der Waals surface area contributed by atoms with Gasteiger partial charge in [-0.3, -0.25) is 4.79 Å². The summed E-state index contributed by atoms with van der Waals surface area (Å²) in [4.78, 5) is 11.2. The van der Waals surface area contributed by atoms with E-state index < -0.39 is 0 Å². The van der Waals surface area contributed by atoms with Gasteiger partial charge in [-0.15, -0.1) is 0 Å². The summed E-state index contributed by atoms with van der Waals surface area (Å²) in [5.74, 6) is 0.730. The molecule has 0 unspecified atom stereocenters. The first-order valence-corrected chi connectivity index (χ1v) is 6.34. The lowest BCUT2D eigenvalue weighted by Gasteiger charge is -2.09. The predicted molar refractivity (Wildman–Crippen MR) is 70.8 cm³/mol. The summed E-state index contributed by atoms with van der Waals surface area (Å²) in [5, 5.41) is 2.72. The summed E-state index contributed by atoms with van der Waals surface area (Å²) < 4.78 is 6.36. The van der Waals surface area contributed by atoms with Gasteiger partial charge in [0.1, 0.15) is 5.75 Å². The van der Waals surface area contributed by atoms with Crippen LogP contribution in [0.25, 0.3) is 0 Å². The second-order valence-electron chi connectivity index (χ2n) is 3.52. The lowest BCUT2D eigenvalue weighted by Crippen LogP contribution is -2.24. The van der Waals surface area contributed by atoms with E-state index in [1.54, 1.807) is 0 Å². The van der Waals surface area contributed by atoms with Crippen molar-refractivity contribution in [2.45, 2.75) is 19.9 Å². The van der Waals surface area contributed by atoms with Crippen LogP contribution in [0.1, 0.15) is 18.9 Å². The summed E-state index contributed by atoms with van der Waals surface area (Å²) in [7, 11) is 0. The largest absolute Gasteiger partial charge is 0.492 e. The molecule has 0 heterocycles. The standard InChI is InChI=1S/C12H17BrN2O2/c1-2-15-12(16)5-6-17-11-4-3-9(8-14)7-10(11)13/h3-4,7H,2,5-6,8,14H2,1H3,(H,15,16). The Bertz CT molecular complexity index is 383. The van der Waals surface area contributed by atoms with Crippen molar-refractivity contribution in [3.63, 3.8) is 0 Å². The van der Waals surface area contributed by atoms with Gasteiger partial charge in [0.25, 0.3) is 0 Å². The maximum absolute atomic E-state index is 11.2. The molecule has 1 aromatic rings. The van der Waals surface area contributed by atoms with Gasteiger partial charge in [-0.2, -0.15) is 0 Å². The van der Waals surface area contributed by atoms with Gasteiger partial charge in [-0.1, -0.05) is 6.07 Å². The molecule has 5 heteroatoms. The van der Waals surface area contributed by atoms with Crippen molar-refractivity contribution < 1.29 is 9.53 Å². The number of nitrogens with two attached hydrogens (primary N) is 1. The van der Waals surface area contributed by atoms with Crippen molar-refractivity contribution in [2.24, 2.45) is 5.73 Å². The molecule has 94 valence electrons. The summed E-state index contributed by atoms with van der Waals surface area (Å²) in [6.07, 6.45) is 0.360. The van der Waals surface area contributed by atoms with E-state index in [1.807, 2.05) is 25.1 Å². The fourth-order valence-electron chi connectivity index (χ4n) is 1.33. The van der Waals surface area contributed by atoms with E-state index in [0.29, 0.717) is 26.1 Å². The topological polar surface area (TPSA) is 64.3 Å². The molecule has 0 aliphatic rings. The molecule has 3 N–H and O–H groups in total. The molecule has 1 rings (SSSR count). The molecule has 4 nitrogen and oxygen atoms in total. The van der Waals surface area contributed by atoms with Crippen LogP contribution < -0.4 is 15.8 Å². The molecule has 0 atom stereocenters. The first-order valence-electron chi connectivity index (χ1n) is 5.55. The minimum absolute atomic E-state index is 0.00204. The number of carbonyl (C=O) groups is 1. The SMILES string of the molecule is CCNC(=O)CCOc1ccc(CN)cc1Br.